The molecule has 1 saturated carbocycles. The Hall–Kier alpha value is -1.89. The molecule has 0 aliphatic heterocycles. The zero-order valence-corrected chi connectivity index (χ0v) is 10.3. The van der Waals surface area contributed by atoms with Gasteiger partial charge in [0.1, 0.15) is 6.29 Å². The predicted molar refractivity (Wildman–Crippen MR) is 73.9 cm³/mol. The highest BCUT2D eigenvalue weighted by Crippen LogP contribution is 2.40. The lowest BCUT2D eigenvalue weighted by Crippen LogP contribution is -2.09. The fourth-order valence-corrected chi connectivity index (χ4v) is 2.58. The molecule has 2 aromatic rings. The van der Waals surface area contributed by atoms with Crippen LogP contribution in [0.4, 0.5) is 0 Å². The Balaban J connectivity index is 2.01. The van der Waals surface area contributed by atoms with Gasteiger partial charge in [-0.15, -0.1) is 0 Å². The van der Waals surface area contributed by atoms with Crippen LogP contribution in [0, 0.1) is 0 Å². The summed E-state index contributed by atoms with van der Waals surface area (Å²) in [4.78, 5) is 10.7. The molecule has 1 aliphatic rings. The van der Waals surface area contributed by atoms with Crippen LogP contribution in [0.5, 0.6) is 0 Å². The molecule has 18 heavy (non-hydrogen) atoms. The molecule has 3 rings (SSSR count). The van der Waals surface area contributed by atoms with Crippen LogP contribution in [0.25, 0.3) is 11.1 Å². The predicted octanol–water partition coefficient (Wildman–Crippen LogP) is 4.43. The second-order valence-corrected chi connectivity index (χ2v) is 4.95. The maximum Gasteiger partial charge on any atom is 0.150 e. The van der Waals surface area contributed by atoms with E-state index in [4.69, 9.17) is 0 Å². The van der Waals surface area contributed by atoms with Crippen LogP contribution in [0.2, 0.25) is 0 Å². The molecule has 0 atom stereocenters. The summed E-state index contributed by atoms with van der Waals surface area (Å²) in [6.45, 7) is 0. The summed E-state index contributed by atoms with van der Waals surface area (Å²) in [6, 6.07) is 16.5. The molecule has 0 radical (unpaired) electrons. The summed E-state index contributed by atoms with van der Waals surface area (Å²) < 4.78 is 0. The van der Waals surface area contributed by atoms with Gasteiger partial charge in [-0.2, -0.15) is 0 Å². The summed E-state index contributed by atoms with van der Waals surface area (Å²) in [5.74, 6) is 0.729. The highest BCUT2D eigenvalue weighted by molar-refractivity contribution is 5.77. The van der Waals surface area contributed by atoms with E-state index in [1.165, 1.54) is 36.0 Å². The average Bonchev–Trinajstić information content (AvgIpc) is 2.38. The van der Waals surface area contributed by atoms with E-state index in [-0.39, 0.29) is 0 Å². The molecule has 90 valence electrons. The van der Waals surface area contributed by atoms with Gasteiger partial charge in [0, 0.05) is 5.56 Å². The zero-order valence-electron chi connectivity index (χ0n) is 10.3. The van der Waals surface area contributed by atoms with E-state index in [2.05, 4.69) is 24.3 Å². The van der Waals surface area contributed by atoms with Gasteiger partial charge < -0.3 is 0 Å². The first-order valence-electron chi connectivity index (χ1n) is 6.53. The SMILES string of the molecule is O=Cc1ccc(-c2ccccc2C2CCC2)cc1. The number of hydrogen-bond acceptors (Lipinski definition) is 1. The first-order valence-corrected chi connectivity index (χ1v) is 6.53. The number of benzene rings is 2. The first-order chi connectivity index (χ1) is 8.88. The average molecular weight is 236 g/mol. The van der Waals surface area contributed by atoms with E-state index >= 15 is 0 Å². The highest BCUT2D eigenvalue weighted by atomic mass is 16.1. The molecule has 0 N–H and O–H groups in total. The normalized spacial score (nSPS) is 15.1. The van der Waals surface area contributed by atoms with Crippen molar-refractivity contribution in [3.63, 3.8) is 0 Å². The molecule has 0 unspecified atom stereocenters. The smallest absolute Gasteiger partial charge is 0.150 e. The number of carbonyl (C=O) groups excluding carboxylic acids is 1. The standard InChI is InChI=1S/C17H16O/c18-12-13-8-10-15(11-9-13)17-7-2-1-6-16(17)14-4-3-5-14/h1-2,6-12,14H,3-5H2. The van der Waals surface area contributed by atoms with Gasteiger partial charge in [0.2, 0.25) is 0 Å². The third-order valence-electron chi connectivity index (χ3n) is 3.86. The molecular weight excluding hydrogens is 220 g/mol. The van der Waals surface area contributed by atoms with Crippen LogP contribution in [-0.4, -0.2) is 6.29 Å². The van der Waals surface area contributed by atoms with Gasteiger partial charge in [0.05, 0.1) is 0 Å². The molecule has 2 aromatic carbocycles. The molecule has 0 amide bonds. The number of hydrogen-bond donors (Lipinski definition) is 0. The Bertz CT molecular complexity index is 550. The molecule has 0 heterocycles. The van der Waals surface area contributed by atoms with Gasteiger partial charge in [-0.05, 0) is 35.4 Å². The molecular formula is C17H16O. The number of rotatable bonds is 3. The summed E-state index contributed by atoms with van der Waals surface area (Å²) in [5.41, 5.74) is 4.73. The second-order valence-electron chi connectivity index (χ2n) is 4.95. The Morgan fingerprint density at radius 3 is 2.28 bits per heavy atom. The summed E-state index contributed by atoms with van der Waals surface area (Å²) in [7, 11) is 0. The Labute approximate surface area is 107 Å². The summed E-state index contributed by atoms with van der Waals surface area (Å²) in [5, 5.41) is 0. The van der Waals surface area contributed by atoms with Crippen molar-refractivity contribution in [2.45, 2.75) is 25.2 Å². The van der Waals surface area contributed by atoms with Crippen molar-refractivity contribution in [3.8, 4) is 11.1 Å². The quantitative estimate of drug-likeness (QED) is 0.720. The van der Waals surface area contributed by atoms with Crippen LogP contribution >= 0.6 is 0 Å². The zero-order chi connectivity index (χ0) is 12.4. The molecule has 1 fully saturated rings. The molecule has 1 heteroatoms. The van der Waals surface area contributed by atoms with E-state index in [1.807, 2.05) is 24.3 Å². The van der Waals surface area contributed by atoms with Crippen molar-refractivity contribution < 1.29 is 4.79 Å². The van der Waals surface area contributed by atoms with Crippen LogP contribution in [-0.2, 0) is 0 Å². The van der Waals surface area contributed by atoms with Crippen LogP contribution in [0.3, 0.4) is 0 Å². The van der Waals surface area contributed by atoms with Gasteiger partial charge in [0.25, 0.3) is 0 Å². The molecule has 0 spiro atoms. The molecule has 0 aromatic heterocycles. The van der Waals surface area contributed by atoms with Crippen molar-refractivity contribution in [2.24, 2.45) is 0 Å². The lowest BCUT2D eigenvalue weighted by Gasteiger charge is -2.28. The fourth-order valence-electron chi connectivity index (χ4n) is 2.58. The first kappa shape index (κ1) is 11.2. The minimum atomic E-state index is 0.729. The highest BCUT2D eigenvalue weighted by Gasteiger charge is 2.21. The van der Waals surface area contributed by atoms with Crippen molar-refractivity contribution >= 4 is 6.29 Å². The van der Waals surface area contributed by atoms with Gasteiger partial charge in [0.15, 0.2) is 0 Å². The van der Waals surface area contributed by atoms with Crippen LogP contribution < -0.4 is 0 Å². The Morgan fingerprint density at radius 1 is 0.944 bits per heavy atom. The van der Waals surface area contributed by atoms with Crippen LogP contribution in [0.1, 0.15) is 41.1 Å². The van der Waals surface area contributed by atoms with Crippen LogP contribution in [0.15, 0.2) is 48.5 Å². The van der Waals surface area contributed by atoms with Crippen molar-refractivity contribution in [1.29, 1.82) is 0 Å². The van der Waals surface area contributed by atoms with Gasteiger partial charge in [-0.3, -0.25) is 4.79 Å². The van der Waals surface area contributed by atoms with E-state index in [0.717, 1.165) is 17.8 Å². The molecule has 0 bridgehead atoms. The van der Waals surface area contributed by atoms with E-state index in [1.54, 1.807) is 0 Å². The van der Waals surface area contributed by atoms with E-state index < -0.39 is 0 Å². The maximum absolute atomic E-state index is 10.7. The Kier molecular flexibility index (Phi) is 2.97. The third kappa shape index (κ3) is 1.97. The van der Waals surface area contributed by atoms with Crippen molar-refractivity contribution in [1.82, 2.24) is 0 Å². The lowest BCUT2D eigenvalue weighted by molar-refractivity contribution is 0.112. The molecule has 1 aliphatic carbocycles. The lowest BCUT2D eigenvalue weighted by atomic mass is 9.77. The number of carbonyl (C=O) groups is 1. The second kappa shape index (κ2) is 4.77. The van der Waals surface area contributed by atoms with Gasteiger partial charge in [-0.1, -0.05) is 55.0 Å². The van der Waals surface area contributed by atoms with E-state index in [9.17, 15) is 4.79 Å². The van der Waals surface area contributed by atoms with E-state index in [0.29, 0.717) is 0 Å². The minimum Gasteiger partial charge on any atom is -0.298 e. The van der Waals surface area contributed by atoms with Crippen molar-refractivity contribution in [3.05, 3.63) is 59.7 Å². The minimum absolute atomic E-state index is 0.729. The largest absolute Gasteiger partial charge is 0.298 e. The molecule has 0 saturated heterocycles. The fraction of sp³-hybridized carbons (Fsp3) is 0.235. The Morgan fingerprint density at radius 2 is 1.67 bits per heavy atom. The van der Waals surface area contributed by atoms with Crippen molar-refractivity contribution in [2.75, 3.05) is 0 Å². The summed E-state index contributed by atoms with van der Waals surface area (Å²) >= 11 is 0. The summed E-state index contributed by atoms with van der Waals surface area (Å²) in [6.07, 6.45) is 4.86. The monoisotopic (exact) mass is 236 g/mol. The number of aldehydes is 1. The van der Waals surface area contributed by atoms with Gasteiger partial charge in [-0.25, -0.2) is 0 Å². The topological polar surface area (TPSA) is 17.1 Å². The van der Waals surface area contributed by atoms with Gasteiger partial charge >= 0.3 is 0 Å². The maximum atomic E-state index is 10.7. The molecule has 1 nitrogen and oxygen atoms in total. The third-order valence-corrected chi connectivity index (χ3v) is 3.86.